The zero-order chi connectivity index (χ0) is 11.0. The Morgan fingerprint density at radius 3 is 2.50 bits per heavy atom. The molecule has 0 aliphatic rings. The van der Waals surface area contributed by atoms with Crippen LogP contribution in [0, 0.1) is 0 Å². The Morgan fingerprint density at radius 1 is 1.43 bits per heavy atom. The fourth-order valence-electron chi connectivity index (χ4n) is 1.03. The van der Waals surface area contributed by atoms with Gasteiger partial charge in [0.05, 0.1) is 12.0 Å². The molecular formula is C10H21NO2S. The minimum absolute atomic E-state index is 0.0779. The van der Waals surface area contributed by atoms with E-state index >= 15 is 0 Å². The summed E-state index contributed by atoms with van der Waals surface area (Å²) in [5.41, 5.74) is 0. The van der Waals surface area contributed by atoms with E-state index in [0.717, 1.165) is 25.8 Å². The summed E-state index contributed by atoms with van der Waals surface area (Å²) in [4.78, 5) is 13.2. The lowest BCUT2D eigenvalue weighted by atomic mass is 10.3. The van der Waals surface area contributed by atoms with Crippen molar-refractivity contribution in [2.24, 2.45) is 0 Å². The van der Waals surface area contributed by atoms with Gasteiger partial charge in [-0.15, -0.1) is 0 Å². The highest BCUT2D eigenvalue weighted by Crippen LogP contribution is 2.07. The first-order valence-electron chi connectivity index (χ1n) is 5.24. The maximum absolute atomic E-state index is 11.5. The van der Waals surface area contributed by atoms with Gasteiger partial charge < -0.3 is 4.74 Å². The van der Waals surface area contributed by atoms with Gasteiger partial charge in [-0.25, -0.2) is 4.79 Å². The second-order valence-electron chi connectivity index (χ2n) is 3.29. The van der Waals surface area contributed by atoms with Crippen molar-refractivity contribution in [3.8, 4) is 0 Å². The maximum Gasteiger partial charge on any atom is 0.410 e. The van der Waals surface area contributed by atoms with Crippen LogP contribution in [0.2, 0.25) is 0 Å². The molecule has 0 heterocycles. The second-order valence-corrected chi connectivity index (χ2v) is 4.04. The monoisotopic (exact) mass is 219 g/mol. The SMILES string of the molecule is CCCCN(C(=O)OCCC)C(C)S. The van der Waals surface area contributed by atoms with Gasteiger partial charge in [-0.2, -0.15) is 12.6 Å². The number of nitrogens with zero attached hydrogens (tertiary/aromatic N) is 1. The quantitative estimate of drug-likeness (QED) is 0.550. The molecule has 0 aliphatic heterocycles. The minimum atomic E-state index is -0.247. The molecular weight excluding hydrogens is 198 g/mol. The molecule has 0 spiro atoms. The molecule has 1 amide bonds. The van der Waals surface area contributed by atoms with E-state index in [4.69, 9.17) is 4.74 Å². The predicted octanol–water partition coefficient (Wildman–Crippen LogP) is 2.91. The summed E-state index contributed by atoms with van der Waals surface area (Å²) in [6, 6.07) is 0. The molecule has 0 aliphatic carbocycles. The number of hydrogen-bond donors (Lipinski definition) is 1. The van der Waals surface area contributed by atoms with Crippen LogP contribution in [-0.4, -0.2) is 29.5 Å². The smallest absolute Gasteiger partial charge is 0.410 e. The van der Waals surface area contributed by atoms with Gasteiger partial charge in [-0.3, -0.25) is 4.90 Å². The van der Waals surface area contributed by atoms with Crippen molar-refractivity contribution in [1.82, 2.24) is 4.90 Å². The molecule has 0 aromatic carbocycles. The van der Waals surface area contributed by atoms with Gasteiger partial charge in [0, 0.05) is 6.54 Å². The molecule has 0 fully saturated rings. The lowest BCUT2D eigenvalue weighted by molar-refractivity contribution is 0.100. The summed E-state index contributed by atoms with van der Waals surface area (Å²) in [6.45, 7) is 7.17. The van der Waals surface area contributed by atoms with Crippen molar-refractivity contribution in [3.05, 3.63) is 0 Å². The molecule has 0 aromatic heterocycles. The van der Waals surface area contributed by atoms with Crippen LogP contribution in [0.25, 0.3) is 0 Å². The van der Waals surface area contributed by atoms with Crippen LogP contribution in [-0.2, 0) is 4.74 Å². The lowest BCUT2D eigenvalue weighted by Crippen LogP contribution is -2.37. The molecule has 1 atom stereocenters. The van der Waals surface area contributed by atoms with E-state index in [1.807, 2.05) is 13.8 Å². The Morgan fingerprint density at radius 2 is 2.07 bits per heavy atom. The zero-order valence-electron chi connectivity index (χ0n) is 9.32. The minimum Gasteiger partial charge on any atom is -0.449 e. The molecule has 0 saturated carbocycles. The Kier molecular flexibility index (Phi) is 7.76. The summed E-state index contributed by atoms with van der Waals surface area (Å²) in [7, 11) is 0. The molecule has 3 nitrogen and oxygen atoms in total. The molecule has 1 unspecified atom stereocenters. The van der Waals surface area contributed by atoms with E-state index in [2.05, 4.69) is 19.6 Å². The van der Waals surface area contributed by atoms with E-state index < -0.39 is 0 Å². The third-order valence-corrected chi connectivity index (χ3v) is 2.15. The Labute approximate surface area is 92.2 Å². The van der Waals surface area contributed by atoms with E-state index in [-0.39, 0.29) is 11.5 Å². The van der Waals surface area contributed by atoms with Crippen LogP contribution in [0.5, 0.6) is 0 Å². The average molecular weight is 219 g/mol. The number of carbonyl (C=O) groups is 1. The van der Waals surface area contributed by atoms with Crippen LogP contribution in [0.1, 0.15) is 40.0 Å². The van der Waals surface area contributed by atoms with Crippen LogP contribution in [0.4, 0.5) is 4.79 Å². The van der Waals surface area contributed by atoms with Gasteiger partial charge >= 0.3 is 6.09 Å². The van der Waals surface area contributed by atoms with Crippen LogP contribution < -0.4 is 0 Å². The van der Waals surface area contributed by atoms with Gasteiger partial charge in [0.2, 0.25) is 0 Å². The van der Waals surface area contributed by atoms with Crippen LogP contribution >= 0.6 is 12.6 Å². The third kappa shape index (κ3) is 5.37. The summed E-state index contributed by atoms with van der Waals surface area (Å²) in [5.74, 6) is 0. The largest absolute Gasteiger partial charge is 0.449 e. The fourth-order valence-corrected chi connectivity index (χ4v) is 1.24. The second kappa shape index (κ2) is 7.97. The average Bonchev–Trinajstić information content (AvgIpc) is 2.14. The first-order chi connectivity index (χ1) is 6.63. The van der Waals surface area contributed by atoms with E-state index in [9.17, 15) is 4.79 Å². The van der Waals surface area contributed by atoms with Crippen LogP contribution in [0.3, 0.4) is 0 Å². The van der Waals surface area contributed by atoms with Gasteiger partial charge in [0.15, 0.2) is 0 Å². The van der Waals surface area contributed by atoms with Crippen molar-refractivity contribution in [2.75, 3.05) is 13.2 Å². The molecule has 0 radical (unpaired) electrons. The molecule has 4 heteroatoms. The molecule has 14 heavy (non-hydrogen) atoms. The van der Waals surface area contributed by atoms with Gasteiger partial charge in [-0.1, -0.05) is 20.3 Å². The molecule has 0 aromatic rings. The Hall–Kier alpha value is -0.380. The number of rotatable bonds is 6. The molecule has 0 rings (SSSR count). The van der Waals surface area contributed by atoms with Crippen molar-refractivity contribution in [1.29, 1.82) is 0 Å². The summed E-state index contributed by atoms with van der Waals surface area (Å²) in [5, 5.41) is -0.0779. The standard InChI is InChI=1S/C10H21NO2S/c1-4-6-7-11(9(3)14)10(12)13-8-5-2/h9,14H,4-8H2,1-3H3. The summed E-state index contributed by atoms with van der Waals surface area (Å²) < 4.78 is 5.05. The summed E-state index contributed by atoms with van der Waals surface area (Å²) >= 11 is 4.25. The number of unbranched alkanes of at least 4 members (excludes halogenated alkanes) is 1. The Bertz CT molecular complexity index is 162. The third-order valence-electron chi connectivity index (χ3n) is 1.87. The van der Waals surface area contributed by atoms with Gasteiger partial charge in [-0.05, 0) is 19.8 Å². The van der Waals surface area contributed by atoms with Crippen LogP contribution in [0.15, 0.2) is 0 Å². The highest BCUT2D eigenvalue weighted by atomic mass is 32.1. The topological polar surface area (TPSA) is 29.5 Å². The molecule has 0 N–H and O–H groups in total. The predicted molar refractivity (Wildman–Crippen MR) is 61.7 cm³/mol. The van der Waals surface area contributed by atoms with Crippen molar-refractivity contribution >= 4 is 18.7 Å². The van der Waals surface area contributed by atoms with Crippen molar-refractivity contribution in [2.45, 2.75) is 45.4 Å². The van der Waals surface area contributed by atoms with E-state index in [1.54, 1.807) is 4.90 Å². The van der Waals surface area contributed by atoms with E-state index in [1.165, 1.54) is 0 Å². The maximum atomic E-state index is 11.5. The Balaban J connectivity index is 3.98. The number of ether oxygens (including phenoxy) is 1. The molecule has 84 valence electrons. The summed E-state index contributed by atoms with van der Waals surface area (Å²) in [6.07, 6.45) is 2.67. The fraction of sp³-hybridized carbons (Fsp3) is 0.900. The zero-order valence-corrected chi connectivity index (χ0v) is 10.2. The normalized spacial score (nSPS) is 12.3. The molecule has 0 bridgehead atoms. The highest BCUT2D eigenvalue weighted by Gasteiger charge is 2.17. The lowest BCUT2D eigenvalue weighted by Gasteiger charge is -2.24. The van der Waals surface area contributed by atoms with Gasteiger partial charge in [0.25, 0.3) is 0 Å². The van der Waals surface area contributed by atoms with E-state index in [0.29, 0.717) is 6.61 Å². The number of thiol groups is 1. The number of amides is 1. The first kappa shape index (κ1) is 13.6. The number of carbonyl (C=O) groups excluding carboxylic acids is 1. The molecule has 0 saturated heterocycles. The number of hydrogen-bond acceptors (Lipinski definition) is 3. The van der Waals surface area contributed by atoms with Crippen molar-refractivity contribution < 1.29 is 9.53 Å². The highest BCUT2D eigenvalue weighted by molar-refractivity contribution is 7.80. The van der Waals surface area contributed by atoms with Crippen molar-refractivity contribution in [3.63, 3.8) is 0 Å². The first-order valence-corrected chi connectivity index (χ1v) is 5.76. The van der Waals surface area contributed by atoms with Gasteiger partial charge in [0.1, 0.15) is 0 Å².